The second kappa shape index (κ2) is 9.20. The average Bonchev–Trinajstić information content (AvgIpc) is 3.24. The van der Waals surface area contributed by atoms with Gasteiger partial charge in [-0.2, -0.15) is 0 Å². The van der Waals surface area contributed by atoms with Gasteiger partial charge < -0.3 is 14.6 Å². The van der Waals surface area contributed by atoms with E-state index in [1.165, 1.54) is 11.1 Å². The highest BCUT2D eigenvalue weighted by atomic mass is 32.2. The first-order chi connectivity index (χ1) is 14.9. The molecule has 0 aliphatic carbocycles. The van der Waals surface area contributed by atoms with Crippen LogP contribution in [0.4, 0.5) is 0 Å². The molecule has 2 unspecified atom stereocenters. The number of hydrogen-bond donors (Lipinski definition) is 2. The van der Waals surface area contributed by atoms with Crippen LogP contribution in [0, 0.1) is 20.8 Å². The molecule has 0 radical (unpaired) electrons. The second-order valence-corrected chi connectivity index (χ2v) is 9.01. The molecule has 1 aliphatic heterocycles. The minimum absolute atomic E-state index is 0.134. The van der Waals surface area contributed by atoms with Gasteiger partial charge in [0.25, 0.3) is 0 Å². The number of hydrogen-bond acceptors (Lipinski definition) is 5. The van der Waals surface area contributed by atoms with E-state index in [2.05, 4.69) is 50.4 Å². The maximum absolute atomic E-state index is 11.4. The quantitative estimate of drug-likeness (QED) is 0.507. The number of rotatable bonds is 7. The van der Waals surface area contributed by atoms with Crippen molar-refractivity contribution in [2.75, 3.05) is 19.0 Å². The highest BCUT2D eigenvalue weighted by Gasteiger charge is 2.33. The first kappa shape index (κ1) is 21.5. The summed E-state index contributed by atoms with van der Waals surface area (Å²) in [6.07, 6.45) is 0. The summed E-state index contributed by atoms with van der Waals surface area (Å²) in [5.74, 6) is 1.35. The molecule has 2 atom stereocenters. The summed E-state index contributed by atoms with van der Waals surface area (Å²) in [7, 11) is 0. The first-order valence-electron chi connectivity index (χ1n) is 10.4. The van der Waals surface area contributed by atoms with Crippen molar-refractivity contribution in [2.45, 2.75) is 32.2 Å². The summed E-state index contributed by atoms with van der Waals surface area (Å²) in [5.41, 5.74) is 4.52. The van der Waals surface area contributed by atoms with Gasteiger partial charge in [-0.05, 0) is 60.4 Å². The average molecular weight is 438 g/mol. The third-order valence-electron chi connectivity index (χ3n) is 5.64. The van der Waals surface area contributed by atoms with Crippen LogP contribution in [0.2, 0.25) is 0 Å². The summed E-state index contributed by atoms with van der Waals surface area (Å²) >= 11 is 1.60. The van der Waals surface area contributed by atoms with Gasteiger partial charge >= 0.3 is 5.97 Å². The van der Waals surface area contributed by atoms with Crippen LogP contribution in [0.15, 0.2) is 48.5 Å². The third-order valence-corrected chi connectivity index (χ3v) is 6.87. The molecule has 0 spiro atoms. The minimum Gasteiger partial charge on any atom is -0.490 e. The molecule has 1 heterocycles. The lowest BCUT2D eigenvalue weighted by molar-refractivity contribution is -0.138. The van der Waals surface area contributed by atoms with E-state index >= 15 is 0 Å². The van der Waals surface area contributed by atoms with Crippen molar-refractivity contribution >= 4 is 28.5 Å². The molecule has 4 rings (SSSR count). The highest BCUT2D eigenvalue weighted by Crippen LogP contribution is 2.42. The van der Waals surface area contributed by atoms with Crippen molar-refractivity contribution in [3.8, 4) is 11.5 Å². The van der Waals surface area contributed by atoms with Crippen LogP contribution < -0.4 is 14.8 Å². The van der Waals surface area contributed by atoms with Crippen molar-refractivity contribution in [2.24, 2.45) is 0 Å². The Bertz CT molecular complexity index is 1110. The molecule has 0 saturated carbocycles. The summed E-state index contributed by atoms with van der Waals surface area (Å²) in [4.78, 5) is 11.4. The SMILES string of the molecule is Cc1cc(C)c(C)c(OCCOc2ccc3ccccc3c2C2NC(C(=O)O)CS2)c1. The molecule has 0 bridgehead atoms. The number of nitrogens with one attached hydrogen (secondary N) is 1. The topological polar surface area (TPSA) is 67.8 Å². The highest BCUT2D eigenvalue weighted by molar-refractivity contribution is 7.99. The molecular weight excluding hydrogens is 410 g/mol. The smallest absolute Gasteiger partial charge is 0.321 e. The fourth-order valence-corrected chi connectivity index (χ4v) is 5.20. The van der Waals surface area contributed by atoms with Crippen LogP contribution >= 0.6 is 11.8 Å². The summed E-state index contributed by atoms with van der Waals surface area (Å²) in [6.45, 7) is 7.04. The lowest BCUT2D eigenvalue weighted by Crippen LogP contribution is -2.33. The summed E-state index contributed by atoms with van der Waals surface area (Å²) in [5, 5.41) is 14.6. The maximum atomic E-state index is 11.4. The molecule has 2 N–H and O–H groups in total. The standard InChI is InChI=1S/C25H27NO4S/c1-15-12-16(2)17(3)22(13-15)30-11-10-29-21-9-8-18-6-4-5-7-19(18)23(21)24-26-20(14-31-24)25(27)28/h4-9,12-13,20,24,26H,10-11,14H2,1-3H3,(H,27,28). The van der Waals surface area contributed by atoms with Crippen LogP contribution in [0.25, 0.3) is 10.8 Å². The van der Waals surface area contributed by atoms with Crippen molar-refractivity contribution in [3.05, 3.63) is 70.8 Å². The molecular formula is C25H27NO4S. The van der Waals surface area contributed by atoms with Crippen LogP contribution in [0.3, 0.4) is 0 Å². The van der Waals surface area contributed by atoms with E-state index in [0.29, 0.717) is 19.0 Å². The lowest BCUT2D eigenvalue weighted by atomic mass is 10.0. The predicted octanol–water partition coefficient (Wildman–Crippen LogP) is 5.01. The van der Waals surface area contributed by atoms with Gasteiger partial charge in [0, 0.05) is 11.3 Å². The number of aliphatic carboxylic acids is 1. The first-order valence-corrected chi connectivity index (χ1v) is 11.4. The molecule has 6 heteroatoms. The summed E-state index contributed by atoms with van der Waals surface area (Å²) < 4.78 is 12.1. The van der Waals surface area contributed by atoms with Gasteiger partial charge in [0.1, 0.15) is 30.8 Å². The lowest BCUT2D eigenvalue weighted by Gasteiger charge is -2.20. The fraction of sp³-hybridized carbons (Fsp3) is 0.320. The fourth-order valence-electron chi connectivity index (χ4n) is 3.91. The number of fused-ring (bicyclic) bond motifs is 1. The molecule has 0 aromatic heterocycles. The monoisotopic (exact) mass is 437 g/mol. The number of benzene rings is 3. The van der Waals surface area contributed by atoms with Gasteiger partial charge in [-0.15, -0.1) is 11.8 Å². The van der Waals surface area contributed by atoms with E-state index < -0.39 is 12.0 Å². The molecule has 1 aliphatic rings. The predicted molar refractivity (Wildman–Crippen MR) is 125 cm³/mol. The molecule has 3 aromatic carbocycles. The van der Waals surface area contributed by atoms with Crippen LogP contribution in [0.1, 0.15) is 27.6 Å². The Hall–Kier alpha value is -2.70. The van der Waals surface area contributed by atoms with Crippen molar-refractivity contribution < 1.29 is 19.4 Å². The molecule has 31 heavy (non-hydrogen) atoms. The minimum atomic E-state index is -0.824. The van der Waals surface area contributed by atoms with Gasteiger partial charge in [-0.25, -0.2) is 0 Å². The Morgan fingerprint density at radius 2 is 1.81 bits per heavy atom. The third kappa shape index (κ3) is 4.65. The number of carbonyl (C=O) groups is 1. The number of carboxylic acid groups (broad SMARTS) is 1. The Morgan fingerprint density at radius 1 is 1.06 bits per heavy atom. The van der Waals surface area contributed by atoms with E-state index in [0.717, 1.165) is 33.4 Å². The summed E-state index contributed by atoms with van der Waals surface area (Å²) in [6, 6.07) is 15.8. The number of carboxylic acids is 1. The Morgan fingerprint density at radius 3 is 2.55 bits per heavy atom. The van der Waals surface area contributed by atoms with Crippen molar-refractivity contribution in [1.29, 1.82) is 0 Å². The zero-order chi connectivity index (χ0) is 22.0. The Balaban J connectivity index is 1.52. The number of thioether (sulfide) groups is 1. The van der Waals surface area contributed by atoms with E-state index in [9.17, 15) is 9.90 Å². The van der Waals surface area contributed by atoms with Gasteiger partial charge in [0.15, 0.2) is 0 Å². The van der Waals surface area contributed by atoms with Crippen LogP contribution in [-0.2, 0) is 4.79 Å². The Kier molecular flexibility index (Phi) is 6.39. The molecule has 1 fully saturated rings. The molecule has 162 valence electrons. The van der Waals surface area contributed by atoms with E-state index in [1.54, 1.807) is 11.8 Å². The van der Waals surface area contributed by atoms with Crippen LogP contribution in [0.5, 0.6) is 11.5 Å². The van der Waals surface area contributed by atoms with Crippen molar-refractivity contribution in [3.63, 3.8) is 0 Å². The van der Waals surface area contributed by atoms with Gasteiger partial charge in [-0.3, -0.25) is 10.1 Å². The molecule has 5 nitrogen and oxygen atoms in total. The van der Waals surface area contributed by atoms with Crippen molar-refractivity contribution in [1.82, 2.24) is 5.32 Å². The van der Waals surface area contributed by atoms with Gasteiger partial charge in [0.2, 0.25) is 0 Å². The molecule has 3 aromatic rings. The normalized spacial score (nSPS) is 18.3. The molecule has 0 amide bonds. The van der Waals surface area contributed by atoms with Gasteiger partial charge in [0.05, 0.1) is 5.37 Å². The van der Waals surface area contributed by atoms with Gasteiger partial charge in [-0.1, -0.05) is 36.4 Å². The van der Waals surface area contributed by atoms with Crippen LogP contribution in [-0.4, -0.2) is 36.1 Å². The Labute approximate surface area is 186 Å². The zero-order valence-electron chi connectivity index (χ0n) is 18.0. The van der Waals surface area contributed by atoms with E-state index in [1.807, 2.05) is 24.3 Å². The second-order valence-electron chi connectivity index (χ2n) is 7.87. The number of aryl methyl sites for hydroxylation is 2. The number of ether oxygens (including phenoxy) is 2. The van der Waals surface area contributed by atoms with E-state index in [-0.39, 0.29) is 5.37 Å². The maximum Gasteiger partial charge on any atom is 0.321 e. The zero-order valence-corrected chi connectivity index (χ0v) is 18.8. The largest absolute Gasteiger partial charge is 0.490 e. The molecule has 1 saturated heterocycles. The van der Waals surface area contributed by atoms with E-state index in [4.69, 9.17) is 9.47 Å².